The van der Waals surface area contributed by atoms with E-state index in [0.29, 0.717) is 28.1 Å². The molecule has 1 aliphatic rings. The number of benzene rings is 1. The molecule has 18 heavy (non-hydrogen) atoms. The molecule has 0 bridgehead atoms. The topological polar surface area (TPSA) is 64.9 Å². The first kappa shape index (κ1) is 11.5. The number of aromatic nitrogens is 2. The molecule has 5 heteroatoms. The van der Waals surface area contributed by atoms with Crippen molar-refractivity contribution >= 4 is 17.3 Å². The quantitative estimate of drug-likeness (QED) is 0.841. The molecule has 1 saturated carbocycles. The molecule has 1 aromatic carbocycles. The summed E-state index contributed by atoms with van der Waals surface area (Å²) in [5.41, 5.74) is 7.20. The monoisotopic (exact) mass is 263 g/mol. The molecule has 1 aromatic heterocycles. The maximum atomic E-state index is 5.96. The van der Waals surface area contributed by atoms with E-state index in [-0.39, 0.29) is 0 Å². The molecule has 1 aliphatic carbocycles. The second-order valence-electron chi connectivity index (χ2n) is 4.67. The zero-order valence-corrected chi connectivity index (χ0v) is 10.7. The summed E-state index contributed by atoms with van der Waals surface area (Å²) in [4.78, 5) is 4.45. The third-order valence-electron chi connectivity index (χ3n) is 3.41. The Kier molecular flexibility index (Phi) is 2.96. The Morgan fingerprint density at radius 2 is 2.06 bits per heavy atom. The fourth-order valence-electron chi connectivity index (χ4n) is 2.41. The lowest BCUT2D eigenvalue weighted by molar-refractivity contribution is 0.416. The molecule has 0 radical (unpaired) electrons. The molecule has 0 aliphatic heterocycles. The Morgan fingerprint density at radius 3 is 2.83 bits per heavy atom. The van der Waals surface area contributed by atoms with Gasteiger partial charge >= 0.3 is 0 Å². The predicted octanol–water partition coefficient (Wildman–Crippen LogP) is 3.63. The zero-order valence-electron chi connectivity index (χ0n) is 9.90. The van der Waals surface area contributed by atoms with Crippen LogP contribution in [0.1, 0.15) is 37.4 Å². The van der Waals surface area contributed by atoms with Gasteiger partial charge in [0.1, 0.15) is 0 Å². The fraction of sp³-hybridized carbons (Fsp3) is 0.385. The Bertz CT molecular complexity index is 561. The Labute approximate surface area is 110 Å². The molecular formula is C13H14ClN3O. The van der Waals surface area contributed by atoms with E-state index >= 15 is 0 Å². The number of rotatable bonds is 2. The van der Waals surface area contributed by atoms with Crippen molar-refractivity contribution in [3.8, 4) is 11.5 Å². The van der Waals surface area contributed by atoms with E-state index in [4.69, 9.17) is 21.9 Å². The van der Waals surface area contributed by atoms with Crippen LogP contribution in [0.3, 0.4) is 0 Å². The van der Waals surface area contributed by atoms with Gasteiger partial charge in [0.2, 0.25) is 0 Å². The zero-order chi connectivity index (χ0) is 12.5. The summed E-state index contributed by atoms with van der Waals surface area (Å²) in [6.07, 6.45) is 4.77. The minimum absolute atomic E-state index is 0.433. The summed E-state index contributed by atoms with van der Waals surface area (Å²) in [5, 5.41) is 4.67. The molecule has 3 rings (SSSR count). The lowest BCUT2D eigenvalue weighted by Gasteiger charge is -2.01. The number of hydrogen-bond donors (Lipinski definition) is 1. The standard InChI is InChI=1S/C13H14ClN3O/c14-9-5-6-11(15)10(7-9)13-16-12(17-18-13)8-3-1-2-4-8/h5-8H,1-4,15H2. The predicted molar refractivity (Wildman–Crippen MR) is 70.4 cm³/mol. The molecule has 0 spiro atoms. The van der Waals surface area contributed by atoms with Gasteiger partial charge in [0.15, 0.2) is 5.82 Å². The van der Waals surface area contributed by atoms with Crippen molar-refractivity contribution in [2.24, 2.45) is 0 Å². The average molecular weight is 264 g/mol. The van der Waals surface area contributed by atoms with Crippen LogP contribution in [0.2, 0.25) is 5.02 Å². The SMILES string of the molecule is Nc1ccc(Cl)cc1-c1nc(C2CCCC2)no1. The van der Waals surface area contributed by atoms with E-state index in [0.717, 1.165) is 18.7 Å². The summed E-state index contributed by atoms with van der Waals surface area (Å²) in [5.74, 6) is 1.68. The molecule has 0 unspecified atom stereocenters. The summed E-state index contributed by atoms with van der Waals surface area (Å²) >= 11 is 5.96. The number of anilines is 1. The third kappa shape index (κ3) is 2.08. The minimum Gasteiger partial charge on any atom is -0.398 e. The van der Waals surface area contributed by atoms with Gasteiger partial charge in [-0.05, 0) is 31.0 Å². The molecule has 1 heterocycles. The molecule has 2 aromatic rings. The second kappa shape index (κ2) is 4.61. The number of nitrogen functional groups attached to an aromatic ring is 1. The summed E-state index contributed by atoms with van der Waals surface area (Å²) in [6.45, 7) is 0. The van der Waals surface area contributed by atoms with E-state index in [1.54, 1.807) is 18.2 Å². The highest BCUT2D eigenvalue weighted by Gasteiger charge is 2.23. The van der Waals surface area contributed by atoms with Gasteiger partial charge in [0.05, 0.1) is 5.56 Å². The first-order valence-electron chi connectivity index (χ1n) is 6.13. The molecule has 94 valence electrons. The smallest absolute Gasteiger partial charge is 0.260 e. The van der Waals surface area contributed by atoms with Crippen molar-refractivity contribution in [2.45, 2.75) is 31.6 Å². The van der Waals surface area contributed by atoms with Crippen LogP contribution in [0.15, 0.2) is 22.7 Å². The first-order chi connectivity index (χ1) is 8.74. The molecular weight excluding hydrogens is 250 g/mol. The van der Waals surface area contributed by atoms with Crippen molar-refractivity contribution in [3.05, 3.63) is 29.0 Å². The number of nitrogens with two attached hydrogens (primary N) is 1. The highest BCUT2D eigenvalue weighted by molar-refractivity contribution is 6.31. The van der Waals surface area contributed by atoms with Crippen molar-refractivity contribution in [2.75, 3.05) is 5.73 Å². The molecule has 0 amide bonds. The Hall–Kier alpha value is -1.55. The van der Waals surface area contributed by atoms with Gasteiger partial charge in [-0.25, -0.2) is 0 Å². The van der Waals surface area contributed by atoms with Crippen LogP contribution in [-0.4, -0.2) is 10.1 Å². The maximum Gasteiger partial charge on any atom is 0.260 e. The Balaban J connectivity index is 1.94. The first-order valence-corrected chi connectivity index (χ1v) is 6.51. The van der Waals surface area contributed by atoms with Gasteiger partial charge < -0.3 is 10.3 Å². The minimum atomic E-state index is 0.433. The van der Waals surface area contributed by atoms with Crippen LogP contribution < -0.4 is 5.73 Å². The number of nitrogens with zero attached hydrogens (tertiary/aromatic N) is 2. The van der Waals surface area contributed by atoms with Gasteiger partial charge in [-0.15, -0.1) is 0 Å². The maximum absolute atomic E-state index is 5.96. The van der Waals surface area contributed by atoms with Crippen LogP contribution in [0.4, 0.5) is 5.69 Å². The number of hydrogen-bond acceptors (Lipinski definition) is 4. The van der Waals surface area contributed by atoms with Gasteiger partial charge in [-0.3, -0.25) is 0 Å². The van der Waals surface area contributed by atoms with E-state index < -0.39 is 0 Å². The fourth-order valence-corrected chi connectivity index (χ4v) is 2.58. The van der Waals surface area contributed by atoms with Crippen LogP contribution in [0.25, 0.3) is 11.5 Å². The van der Waals surface area contributed by atoms with E-state index in [1.165, 1.54) is 12.8 Å². The average Bonchev–Trinajstić information content (AvgIpc) is 3.00. The normalized spacial score (nSPS) is 16.3. The highest BCUT2D eigenvalue weighted by Crippen LogP contribution is 2.34. The van der Waals surface area contributed by atoms with E-state index in [9.17, 15) is 0 Å². The highest BCUT2D eigenvalue weighted by atomic mass is 35.5. The lowest BCUT2D eigenvalue weighted by atomic mass is 10.1. The van der Waals surface area contributed by atoms with Crippen molar-refractivity contribution in [1.29, 1.82) is 0 Å². The van der Waals surface area contributed by atoms with Gasteiger partial charge in [0.25, 0.3) is 5.89 Å². The molecule has 0 atom stereocenters. The Morgan fingerprint density at radius 1 is 1.28 bits per heavy atom. The van der Waals surface area contributed by atoms with Crippen LogP contribution in [-0.2, 0) is 0 Å². The molecule has 4 nitrogen and oxygen atoms in total. The molecule has 1 fully saturated rings. The summed E-state index contributed by atoms with van der Waals surface area (Å²) < 4.78 is 5.30. The number of halogens is 1. The van der Waals surface area contributed by atoms with Crippen LogP contribution in [0.5, 0.6) is 0 Å². The largest absolute Gasteiger partial charge is 0.398 e. The van der Waals surface area contributed by atoms with Crippen LogP contribution in [0, 0.1) is 0 Å². The third-order valence-corrected chi connectivity index (χ3v) is 3.64. The van der Waals surface area contributed by atoms with E-state index in [2.05, 4.69) is 10.1 Å². The molecule has 2 N–H and O–H groups in total. The molecule has 0 saturated heterocycles. The summed E-state index contributed by atoms with van der Waals surface area (Å²) in [6, 6.07) is 5.24. The second-order valence-corrected chi connectivity index (χ2v) is 5.11. The van der Waals surface area contributed by atoms with Gasteiger partial charge in [-0.2, -0.15) is 4.98 Å². The van der Waals surface area contributed by atoms with Crippen LogP contribution >= 0.6 is 11.6 Å². The van der Waals surface area contributed by atoms with Crippen molar-refractivity contribution in [1.82, 2.24) is 10.1 Å². The summed E-state index contributed by atoms with van der Waals surface area (Å²) in [7, 11) is 0. The van der Waals surface area contributed by atoms with Gasteiger partial charge in [0, 0.05) is 16.6 Å². The van der Waals surface area contributed by atoms with E-state index in [1.807, 2.05) is 0 Å². The van der Waals surface area contributed by atoms with Gasteiger partial charge in [-0.1, -0.05) is 29.6 Å². The van der Waals surface area contributed by atoms with Crippen molar-refractivity contribution < 1.29 is 4.52 Å². The lowest BCUT2D eigenvalue weighted by Crippen LogP contribution is -1.95. The van der Waals surface area contributed by atoms with Crippen molar-refractivity contribution in [3.63, 3.8) is 0 Å².